The maximum absolute atomic E-state index is 13.2. The van der Waals surface area contributed by atoms with Crippen LogP contribution in [0.4, 0.5) is 15.8 Å². The molecule has 0 atom stereocenters. The average Bonchev–Trinajstić information content (AvgIpc) is 2.26. The van der Waals surface area contributed by atoms with Crippen molar-refractivity contribution in [3.8, 4) is 0 Å². The summed E-state index contributed by atoms with van der Waals surface area (Å²) in [4.78, 5) is -0.205. The number of benzene rings is 2. The number of nitrogen functional groups attached to an aromatic ring is 1. The lowest BCUT2D eigenvalue weighted by Gasteiger charge is -2.09. The fourth-order valence-electron chi connectivity index (χ4n) is 1.51. The van der Waals surface area contributed by atoms with E-state index in [1.54, 1.807) is 18.2 Å². The highest BCUT2D eigenvalue weighted by molar-refractivity contribution is 14.1. The first-order valence-corrected chi connectivity index (χ1v) is 7.77. The summed E-state index contributed by atoms with van der Waals surface area (Å²) in [7, 11) is -3.85. The number of sulfonamides is 1. The van der Waals surface area contributed by atoms with E-state index >= 15 is 0 Å². The number of anilines is 2. The molecule has 2 aromatic rings. The first kappa shape index (κ1) is 14.1. The van der Waals surface area contributed by atoms with Crippen LogP contribution >= 0.6 is 22.6 Å². The summed E-state index contributed by atoms with van der Waals surface area (Å²) >= 11 is 2.07. The average molecular weight is 392 g/mol. The van der Waals surface area contributed by atoms with Crippen LogP contribution in [0.15, 0.2) is 47.4 Å². The molecule has 7 heteroatoms. The van der Waals surface area contributed by atoms with Gasteiger partial charge in [0.05, 0.1) is 4.90 Å². The van der Waals surface area contributed by atoms with E-state index in [1.165, 1.54) is 6.07 Å². The van der Waals surface area contributed by atoms with Crippen molar-refractivity contribution in [3.05, 3.63) is 51.9 Å². The number of hydrogen-bond acceptors (Lipinski definition) is 3. The van der Waals surface area contributed by atoms with Crippen LogP contribution in [0.3, 0.4) is 0 Å². The normalized spacial score (nSPS) is 11.3. The molecule has 4 nitrogen and oxygen atoms in total. The maximum Gasteiger partial charge on any atom is 0.262 e. The molecule has 0 heterocycles. The molecule has 0 aliphatic carbocycles. The monoisotopic (exact) mass is 392 g/mol. The predicted molar refractivity (Wildman–Crippen MR) is 80.8 cm³/mol. The zero-order valence-corrected chi connectivity index (χ0v) is 12.6. The SMILES string of the molecule is Nc1cc(F)cc(S(=O)(=O)Nc2cccc(I)c2)c1. The standard InChI is InChI=1S/C12H10FIN2O2S/c13-8-4-10(15)7-12(5-8)19(17,18)16-11-3-1-2-9(14)6-11/h1-7,16H,15H2. The van der Waals surface area contributed by atoms with Crippen molar-refractivity contribution in [2.75, 3.05) is 10.5 Å². The summed E-state index contributed by atoms with van der Waals surface area (Å²) < 4.78 is 40.6. The fourth-order valence-corrected chi connectivity index (χ4v) is 3.16. The molecule has 0 aromatic heterocycles. The lowest BCUT2D eigenvalue weighted by atomic mass is 10.3. The molecular formula is C12H10FIN2O2S. The zero-order chi connectivity index (χ0) is 14.0. The Hall–Kier alpha value is -1.35. The van der Waals surface area contributed by atoms with Crippen molar-refractivity contribution in [1.82, 2.24) is 0 Å². The zero-order valence-electron chi connectivity index (χ0n) is 9.60. The molecule has 0 spiro atoms. The minimum Gasteiger partial charge on any atom is -0.399 e. The first-order chi connectivity index (χ1) is 8.87. The van der Waals surface area contributed by atoms with Gasteiger partial charge in [-0.05, 0) is 59.0 Å². The Kier molecular flexibility index (Phi) is 3.95. The van der Waals surface area contributed by atoms with Crippen LogP contribution in [0, 0.1) is 9.39 Å². The van der Waals surface area contributed by atoms with Crippen LogP contribution in [0.25, 0.3) is 0 Å². The van der Waals surface area contributed by atoms with Crippen molar-refractivity contribution in [1.29, 1.82) is 0 Å². The van der Waals surface area contributed by atoms with Crippen molar-refractivity contribution in [3.63, 3.8) is 0 Å². The molecular weight excluding hydrogens is 382 g/mol. The Balaban J connectivity index is 2.37. The molecule has 0 radical (unpaired) electrons. The second-order valence-corrected chi connectivity index (χ2v) is 6.76. The maximum atomic E-state index is 13.2. The van der Waals surface area contributed by atoms with Gasteiger partial charge in [0, 0.05) is 14.9 Å². The molecule has 19 heavy (non-hydrogen) atoms. The fraction of sp³-hybridized carbons (Fsp3) is 0. The van der Waals surface area contributed by atoms with Gasteiger partial charge in [-0.15, -0.1) is 0 Å². The van der Waals surface area contributed by atoms with Crippen LogP contribution in [-0.4, -0.2) is 8.42 Å². The van der Waals surface area contributed by atoms with E-state index in [9.17, 15) is 12.8 Å². The van der Waals surface area contributed by atoms with Gasteiger partial charge in [0.25, 0.3) is 10.0 Å². The lowest BCUT2D eigenvalue weighted by Crippen LogP contribution is -2.13. The third kappa shape index (κ3) is 3.57. The molecule has 0 fully saturated rings. The Morgan fingerprint density at radius 3 is 2.53 bits per heavy atom. The number of nitrogens with one attached hydrogen (secondary N) is 1. The van der Waals surface area contributed by atoms with Gasteiger partial charge in [0.2, 0.25) is 0 Å². The van der Waals surface area contributed by atoms with Gasteiger partial charge < -0.3 is 5.73 Å². The van der Waals surface area contributed by atoms with E-state index in [1.807, 2.05) is 6.07 Å². The van der Waals surface area contributed by atoms with Gasteiger partial charge in [0.1, 0.15) is 5.82 Å². The second-order valence-electron chi connectivity index (χ2n) is 3.84. The molecule has 3 N–H and O–H groups in total. The molecule has 0 aliphatic rings. The van der Waals surface area contributed by atoms with Crippen molar-refractivity contribution in [2.45, 2.75) is 4.90 Å². The Bertz CT molecular complexity index is 699. The minimum atomic E-state index is -3.85. The summed E-state index contributed by atoms with van der Waals surface area (Å²) in [5, 5.41) is 0. The van der Waals surface area contributed by atoms with Crippen molar-refractivity contribution < 1.29 is 12.8 Å². The summed E-state index contributed by atoms with van der Waals surface area (Å²) in [6.45, 7) is 0. The van der Waals surface area contributed by atoms with Gasteiger partial charge in [-0.1, -0.05) is 6.07 Å². The Labute approximate surface area is 124 Å². The van der Waals surface area contributed by atoms with Crippen LogP contribution < -0.4 is 10.5 Å². The topological polar surface area (TPSA) is 72.2 Å². The van der Waals surface area contributed by atoms with E-state index in [-0.39, 0.29) is 10.6 Å². The molecule has 0 bridgehead atoms. The lowest BCUT2D eigenvalue weighted by molar-refractivity contribution is 0.595. The quantitative estimate of drug-likeness (QED) is 0.624. The third-order valence-electron chi connectivity index (χ3n) is 2.28. The molecule has 0 saturated heterocycles. The molecule has 0 saturated carbocycles. The second kappa shape index (κ2) is 5.33. The van der Waals surface area contributed by atoms with E-state index in [2.05, 4.69) is 27.3 Å². The van der Waals surface area contributed by atoms with Crippen LogP contribution in [0.5, 0.6) is 0 Å². The van der Waals surface area contributed by atoms with E-state index in [0.717, 1.165) is 15.7 Å². The number of nitrogens with two attached hydrogens (primary N) is 1. The summed E-state index contributed by atoms with van der Waals surface area (Å²) in [5.74, 6) is -0.692. The van der Waals surface area contributed by atoms with Crippen LogP contribution in [0.2, 0.25) is 0 Å². The minimum absolute atomic E-state index is 0.0583. The highest BCUT2D eigenvalue weighted by Crippen LogP contribution is 2.20. The molecule has 0 aliphatic heterocycles. The van der Waals surface area contributed by atoms with Crippen LogP contribution in [-0.2, 0) is 10.0 Å². The van der Waals surface area contributed by atoms with Crippen molar-refractivity contribution in [2.24, 2.45) is 0 Å². The first-order valence-electron chi connectivity index (χ1n) is 5.21. The van der Waals surface area contributed by atoms with Crippen molar-refractivity contribution >= 4 is 44.0 Å². The van der Waals surface area contributed by atoms with E-state index < -0.39 is 15.8 Å². The summed E-state index contributed by atoms with van der Waals surface area (Å²) in [5.41, 5.74) is 5.91. The molecule has 2 rings (SSSR count). The smallest absolute Gasteiger partial charge is 0.262 e. The summed E-state index contributed by atoms with van der Waals surface area (Å²) in [6, 6.07) is 10.0. The third-order valence-corrected chi connectivity index (χ3v) is 4.31. The van der Waals surface area contributed by atoms with Gasteiger partial charge in [-0.2, -0.15) is 0 Å². The van der Waals surface area contributed by atoms with Gasteiger partial charge in [-0.25, -0.2) is 12.8 Å². The molecule has 0 amide bonds. The van der Waals surface area contributed by atoms with Gasteiger partial charge >= 0.3 is 0 Å². The Morgan fingerprint density at radius 2 is 1.89 bits per heavy atom. The molecule has 2 aromatic carbocycles. The predicted octanol–water partition coefficient (Wildman–Crippen LogP) is 2.81. The van der Waals surface area contributed by atoms with Crippen LogP contribution in [0.1, 0.15) is 0 Å². The number of hydrogen-bond donors (Lipinski definition) is 2. The highest BCUT2D eigenvalue weighted by Gasteiger charge is 2.16. The van der Waals surface area contributed by atoms with E-state index in [0.29, 0.717) is 5.69 Å². The highest BCUT2D eigenvalue weighted by atomic mass is 127. The molecule has 100 valence electrons. The van der Waals surface area contributed by atoms with E-state index in [4.69, 9.17) is 5.73 Å². The largest absolute Gasteiger partial charge is 0.399 e. The van der Waals surface area contributed by atoms with Gasteiger partial charge in [0.15, 0.2) is 0 Å². The Morgan fingerprint density at radius 1 is 1.16 bits per heavy atom. The summed E-state index contributed by atoms with van der Waals surface area (Å²) in [6.07, 6.45) is 0. The number of halogens is 2. The van der Waals surface area contributed by atoms with Gasteiger partial charge in [-0.3, -0.25) is 4.72 Å². The molecule has 0 unspecified atom stereocenters. The number of rotatable bonds is 3.